The minimum atomic E-state index is -3.04. The quantitative estimate of drug-likeness (QED) is 0.737. The van der Waals surface area contributed by atoms with E-state index in [1.54, 1.807) is 0 Å². The summed E-state index contributed by atoms with van der Waals surface area (Å²) >= 11 is 0. The minimum absolute atomic E-state index is 0.0131. The lowest BCUT2D eigenvalue weighted by molar-refractivity contribution is -0.148. The third kappa shape index (κ3) is 5.86. The average molecular weight is 369 g/mol. The first kappa shape index (κ1) is 18.9. The fourth-order valence-electron chi connectivity index (χ4n) is 2.48. The molecule has 1 atom stereocenters. The van der Waals surface area contributed by atoms with Crippen molar-refractivity contribution in [2.45, 2.75) is 12.8 Å². The molecular weight excluding hydrogens is 350 g/mol. The zero-order valence-corrected chi connectivity index (χ0v) is 14.5. The van der Waals surface area contributed by atoms with Gasteiger partial charge >= 0.3 is 11.9 Å². The van der Waals surface area contributed by atoms with Gasteiger partial charge in [0, 0.05) is 12.1 Å². The van der Waals surface area contributed by atoms with E-state index in [0.717, 1.165) is 0 Å². The molecule has 1 fully saturated rings. The Labute approximate surface area is 145 Å². The van der Waals surface area contributed by atoms with Gasteiger partial charge in [-0.15, -0.1) is 0 Å². The van der Waals surface area contributed by atoms with Crippen molar-refractivity contribution in [1.29, 1.82) is 0 Å². The molecule has 0 saturated carbocycles. The van der Waals surface area contributed by atoms with Crippen LogP contribution in [0.15, 0.2) is 24.3 Å². The van der Waals surface area contributed by atoms with Crippen LogP contribution in [0.3, 0.4) is 0 Å². The summed E-state index contributed by atoms with van der Waals surface area (Å²) in [5.41, 5.74) is 0.786. The Morgan fingerprint density at radius 3 is 2.44 bits per heavy atom. The molecule has 8 nitrogen and oxygen atoms in total. The van der Waals surface area contributed by atoms with E-state index in [4.69, 9.17) is 4.74 Å². The highest BCUT2D eigenvalue weighted by atomic mass is 32.2. The summed E-state index contributed by atoms with van der Waals surface area (Å²) in [5.74, 6) is -1.78. The summed E-state index contributed by atoms with van der Waals surface area (Å²) in [7, 11) is -1.77. The molecule has 0 aromatic heterocycles. The Morgan fingerprint density at radius 2 is 1.88 bits per heavy atom. The number of hydrogen-bond acceptors (Lipinski definition) is 7. The number of nitrogens with one attached hydrogen (secondary N) is 1. The number of amides is 1. The number of anilines is 1. The summed E-state index contributed by atoms with van der Waals surface area (Å²) in [6.07, 6.45) is 0.427. The molecule has 1 aromatic rings. The second-order valence-electron chi connectivity index (χ2n) is 5.75. The predicted molar refractivity (Wildman–Crippen MR) is 88.7 cm³/mol. The third-order valence-electron chi connectivity index (χ3n) is 3.74. The maximum absolute atomic E-state index is 11.8. The van der Waals surface area contributed by atoms with Crippen molar-refractivity contribution in [2.24, 2.45) is 5.92 Å². The molecule has 0 aliphatic carbocycles. The lowest BCUT2D eigenvalue weighted by Crippen LogP contribution is -2.22. The second kappa shape index (κ2) is 8.11. The van der Waals surface area contributed by atoms with Crippen molar-refractivity contribution in [3.8, 4) is 0 Å². The SMILES string of the molecule is COC(=O)c1ccc(NC(=O)COC(=O)C[C@@H]2CCS(=O)(=O)C2)cc1. The third-order valence-corrected chi connectivity index (χ3v) is 5.57. The number of hydrogen-bond donors (Lipinski definition) is 1. The molecule has 25 heavy (non-hydrogen) atoms. The summed E-state index contributed by atoms with van der Waals surface area (Å²) in [6.45, 7) is -0.461. The first-order chi connectivity index (χ1) is 11.8. The Hall–Kier alpha value is -2.42. The zero-order chi connectivity index (χ0) is 18.4. The second-order valence-corrected chi connectivity index (χ2v) is 7.98. The highest BCUT2D eigenvalue weighted by molar-refractivity contribution is 7.91. The van der Waals surface area contributed by atoms with Gasteiger partial charge in [-0.25, -0.2) is 13.2 Å². The number of carbonyl (C=O) groups is 3. The van der Waals surface area contributed by atoms with Crippen LogP contribution < -0.4 is 5.32 Å². The molecule has 0 bridgehead atoms. The van der Waals surface area contributed by atoms with Crippen molar-refractivity contribution in [3.63, 3.8) is 0 Å². The molecule has 1 aliphatic rings. The molecule has 1 saturated heterocycles. The molecule has 2 rings (SSSR count). The van der Waals surface area contributed by atoms with E-state index in [1.807, 2.05) is 0 Å². The molecule has 0 radical (unpaired) electrons. The monoisotopic (exact) mass is 369 g/mol. The molecule has 0 spiro atoms. The number of methoxy groups -OCH3 is 1. The Balaban J connectivity index is 1.75. The number of carbonyl (C=O) groups excluding carboxylic acids is 3. The highest BCUT2D eigenvalue weighted by Gasteiger charge is 2.29. The maximum Gasteiger partial charge on any atom is 0.337 e. The van der Waals surface area contributed by atoms with Crippen LogP contribution in [0.4, 0.5) is 5.69 Å². The van der Waals surface area contributed by atoms with E-state index in [9.17, 15) is 22.8 Å². The van der Waals surface area contributed by atoms with Crippen molar-refractivity contribution < 1.29 is 32.3 Å². The first-order valence-corrected chi connectivity index (χ1v) is 9.45. The van der Waals surface area contributed by atoms with Gasteiger partial charge in [0.05, 0.1) is 24.2 Å². The van der Waals surface area contributed by atoms with E-state index >= 15 is 0 Å². The smallest absolute Gasteiger partial charge is 0.337 e. The van der Waals surface area contributed by atoms with Crippen LogP contribution in [0, 0.1) is 5.92 Å². The van der Waals surface area contributed by atoms with Crippen LogP contribution in [0.5, 0.6) is 0 Å². The van der Waals surface area contributed by atoms with Gasteiger partial charge in [-0.3, -0.25) is 9.59 Å². The van der Waals surface area contributed by atoms with Crippen LogP contribution in [-0.4, -0.2) is 51.5 Å². The molecule has 136 valence electrons. The normalized spacial score (nSPS) is 18.4. The van der Waals surface area contributed by atoms with Gasteiger partial charge < -0.3 is 14.8 Å². The molecule has 1 aliphatic heterocycles. The van der Waals surface area contributed by atoms with Crippen LogP contribution in [-0.2, 0) is 28.9 Å². The summed E-state index contributed by atoms with van der Waals surface area (Å²) < 4.78 is 32.1. The van der Waals surface area contributed by atoms with E-state index in [-0.39, 0.29) is 23.8 Å². The Kier molecular flexibility index (Phi) is 6.13. The van der Waals surface area contributed by atoms with Crippen LogP contribution >= 0.6 is 0 Å². The first-order valence-electron chi connectivity index (χ1n) is 7.63. The predicted octanol–water partition coefficient (Wildman–Crippen LogP) is 0.780. The lowest BCUT2D eigenvalue weighted by atomic mass is 10.1. The number of benzene rings is 1. The van der Waals surface area contributed by atoms with E-state index in [1.165, 1.54) is 31.4 Å². The van der Waals surface area contributed by atoms with Crippen molar-refractivity contribution in [1.82, 2.24) is 0 Å². The average Bonchev–Trinajstić information content (AvgIpc) is 2.91. The minimum Gasteiger partial charge on any atom is -0.465 e. The number of sulfone groups is 1. The summed E-state index contributed by atoms with van der Waals surface area (Å²) in [4.78, 5) is 34.7. The maximum atomic E-state index is 11.8. The molecule has 9 heteroatoms. The lowest BCUT2D eigenvalue weighted by Gasteiger charge is -2.09. The topological polar surface area (TPSA) is 116 Å². The fourth-order valence-corrected chi connectivity index (χ4v) is 4.34. The van der Waals surface area contributed by atoms with Gasteiger partial charge in [0.2, 0.25) is 0 Å². The standard InChI is InChI=1S/C16H19NO7S/c1-23-16(20)12-2-4-13(5-3-12)17-14(18)9-24-15(19)8-11-6-7-25(21,22)10-11/h2-5,11H,6-10H2,1H3,(H,17,18)/t11-/m0/s1. The number of rotatable bonds is 6. The van der Waals surface area contributed by atoms with Gasteiger partial charge in [0.1, 0.15) is 0 Å². The Morgan fingerprint density at radius 1 is 1.20 bits per heavy atom. The van der Waals surface area contributed by atoms with Crippen LogP contribution in [0.25, 0.3) is 0 Å². The molecule has 1 aromatic carbocycles. The van der Waals surface area contributed by atoms with Crippen molar-refractivity contribution >= 4 is 33.4 Å². The van der Waals surface area contributed by atoms with Crippen molar-refractivity contribution in [2.75, 3.05) is 30.5 Å². The molecule has 1 heterocycles. The number of ether oxygens (including phenoxy) is 2. The van der Waals surface area contributed by atoms with E-state index in [2.05, 4.69) is 10.1 Å². The zero-order valence-electron chi connectivity index (χ0n) is 13.7. The molecule has 0 unspecified atom stereocenters. The van der Waals surface area contributed by atoms with Gasteiger partial charge in [-0.05, 0) is 36.6 Å². The van der Waals surface area contributed by atoms with Crippen LogP contribution in [0.1, 0.15) is 23.2 Å². The van der Waals surface area contributed by atoms with Crippen LogP contribution in [0.2, 0.25) is 0 Å². The van der Waals surface area contributed by atoms with Crippen molar-refractivity contribution in [3.05, 3.63) is 29.8 Å². The van der Waals surface area contributed by atoms with E-state index < -0.39 is 34.3 Å². The fraction of sp³-hybridized carbons (Fsp3) is 0.438. The number of esters is 2. The molecule has 1 N–H and O–H groups in total. The highest BCUT2D eigenvalue weighted by Crippen LogP contribution is 2.21. The largest absolute Gasteiger partial charge is 0.465 e. The van der Waals surface area contributed by atoms with E-state index in [0.29, 0.717) is 17.7 Å². The molecular formula is C16H19NO7S. The van der Waals surface area contributed by atoms with Gasteiger partial charge in [-0.1, -0.05) is 0 Å². The summed E-state index contributed by atoms with van der Waals surface area (Å²) in [5, 5.41) is 2.52. The van der Waals surface area contributed by atoms with Gasteiger partial charge in [-0.2, -0.15) is 0 Å². The summed E-state index contributed by atoms with van der Waals surface area (Å²) in [6, 6.07) is 6.03. The van der Waals surface area contributed by atoms with Gasteiger partial charge in [0.15, 0.2) is 16.4 Å². The van der Waals surface area contributed by atoms with Gasteiger partial charge in [0.25, 0.3) is 5.91 Å². The Bertz CT molecular complexity index is 755. The molecule has 1 amide bonds.